The average molecular weight is 130 g/mol. The Morgan fingerprint density at radius 1 is 1.40 bits per heavy atom. The van der Waals surface area contributed by atoms with E-state index < -0.39 is 0 Å². The van der Waals surface area contributed by atoms with Gasteiger partial charge in [0.25, 0.3) is 0 Å². The molecule has 0 unspecified atom stereocenters. The molecule has 4 radical (unpaired) electrons. The SMILES string of the molecule is [B]C([B])=C[C@@H]1CC[C@H](C)C1. The summed E-state index contributed by atoms with van der Waals surface area (Å²) in [5.74, 6) is 1.51. The summed E-state index contributed by atoms with van der Waals surface area (Å²) >= 11 is 0. The molecule has 0 heterocycles. The molecule has 0 aromatic rings. The number of allylic oxidation sites excluding steroid dienone is 1. The van der Waals surface area contributed by atoms with Crippen LogP contribution in [0.3, 0.4) is 0 Å². The third-order valence-electron chi connectivity index (χ3n) is 2.16. The Labute approximate surface area is 65.9 Å². The first-order chi connectivity index (χ1) is 4.68. The lowest BCUT2D eigenvalue weighted by molar-refractivity contribution is 0.586. The van der Waals surface area contributed by atoms with E-state index in [9.17, 15) is 0 Å². The van der Waals surface area contributed by atoms with Crippen LogP contribution in [-0.4, -0.2) is 15.7 Å². The Balaban J connectivity index is 2.38. The maximum absolute atomic E-state index is 5.36. The fourth-order valence-electron chi connectivity index (χ4n) is 1.67. The molecule has 0 aromatic carbocycles. The Bertz CT molecular complexity index is 136. The van der Waals surface area contributed by atoms with Gasteiger partial charge in [-0.2, -0.15) is 5.37 Å². The molecule has 0 spiro atoms. The van der Waals surface area contributed by atoms with Crippen LogP contribution < -0.4 is 0 Å². The summed E-state index contributed by atoms with van der Waals surface area (Å²) < 4.78 is 0. The van der Waals surface area contributed by atoms with E-state index >= 15 is 0 Å². The summed E-state index contributed by atoms with van der Waals surface area (Å²) in [6.07, 6.45) is 5.84. The second-order valence-corrected chi connectivity index (χ2v) is 3.34. The molecule has 1 rings (SSSR count). The topological polar surface area (TPSA) is 0 Å². The standard InChI is InChI=1S/C8H12B2/c1-6-2-3-7(4-6)5-8(9)10/h5-7H,2-4H2,1H3/t6-,7+/m0/s1. The molecule has 0 aliphatic heterocycles. The van der Waals surface area contributed by atoms with Gasteiger partial charge in [0, 0.05) is 0 Å². The van der Waals surface area contributed by atoms with Crippen molar-refractivity contribution in [1.29, 1.82) is 0 Å². The third kappa shape index (κ3) is 2.24. The lowest BCUT2D eigenvalue weighted by Crippen LogP contribution is -1.92. The van der Waals surface area contributed by atoms with Gasteiger partial charge >= 0.3 is 0 Å². The minimum absolute atomic E-state index is 0.485. The van der Waals surface area contributed by atoms with Gasteiger partial charge in [0.15, 0.2) is 0 Å². The quantitative estimate of drug-likeness (QED) is 0.472. The van der Waals surface area contributed by atoms with Gasteiger partial charge in [-0.05, 0) is 24.7 Å². The zero-order chi connectivity index (χ0) is 7.56. The maximum Gasteiger partial charge on any atom is 0.0918 e. The van der Waals surface area contributed by atoms with E-state index in [0.29, 0.717) is 11.3 Å². The van der Waals surface area contributed by atoms with Gasteiger partial charge in [-0.25, -0.2) is 0 Å². The molecule has 1 aliphatic carbocycles. The molecule has 1 saturated carbocycles. The fraction of sp³-hybridized carbons (Fsp3) is 0.750. The van der Waals surface area contributed by atoms with E-state index in [1.165, 1.54) is 19.3 Å². The molecule has 50 valence electrons. The van der Waals surface area contributed by atoms with Gasteiger partial charge < -0.3 is 0 Å². The van der Waals surface area contributed by atoms with Crippen LogP contribution in [0, 0.1) is 11.8 Å². The van der Waals surface area contributed by atoms with Crippen molar-refractivity contribution < 1.29 is 0 Å². The summed E-state index contributed by atoms with van der Waals surface area (Å²) in [5, 5.41) is 0.485. The summed E-state index contributed by atoms with van der Waals surface area (Å²) in [6.45, 7) is 2.28. The van der Waals surface area contributed by atoms with E-state index in [1.54, 1.807) is 0 Å². The van der Waals surface area contributed by atoms with Crippen molar-refractivity contribution in [3.8, 4) is 0 Å². The van der Waals surface area contributed by atoms with Crippen molar-refractivity contribution in [3.63, 3.8) is 0 Å². The summed E-state index contributed by atoms with van der Waals surface area (Å²) in [6, 6.07) is 0. The largest absolute Gasteiger partial charge is 0.164 e. The van der Waals surface area contributed by atoms with Crippen molar-refractivity contribution in [2.24, 2.45) is 11.8 Å². The lowest BCUT2D eigenvalue weighted by atomic mass is 9.76. The highest BCUT2D eigenvalue weighted by molar-refractivity contribution is 6.48. The zero-order valence-electron chi connectivity index (χ0n) is 6.51. The monoisotopic (exact) mass is 130 g/mol. The molecule has 0 aromatic heterocycles. The molecule has 0 bridgehead atoms. The van der Waals surface area contributed by atoms with E-state index in [-0.39, 0.29) is 0 Å². The molecule has 0 N–H and O–H groups in total. The van der Waals surface area contributed by atoms with Crippen molar-refractivity contribution in [3.05, 3.63) is 11.4 Å². The minimum atomic E-state index is 0.485. The molecular formula is C8H12B2. The average Bonchev–Trinajstić information content (AvgIpc) is 2.13. The van der Waals surface area contributed by atoms with E-state index in [4.69, 9.17) is 15.7 Å². The van der Waals surface area contributed by atoms with E-state index in [0.717, 1.165) is 5.92 Å². The first-order valence-corrected chi connectivity index (χ1v) is 3.91. The fourth-order valence-corrected chi connectivity index (χ4v) is 1.67. The van der Waals surface area contributed by atoms with Gasteiger partial charge in [-0.3, -0.25) is 0 Å². The van der Waals surface area contributed by atoms with E-state index in [2.05, 4.69) is 6.92 Å². The number of rotatable bonds is 1. The van der Waals surface area contributed by atoms with Crippen LogP contribution in [0.5, 0.6) is 0 Å². The highest BCUT2D eigenvalue weighted by Crippen LogP contribution is 2.31. The van der Waals surface area contributed by atoms with Gasteiger partial charge in [0.1, 0.15) is 0 Å². The first-order valence-electron chi connectivity index (χ1n) is 3.91. The van der Waals surface area contributed by atoms with Crippen LogP contribution in [0.1, 0.15) is 26.2 Å². The van der Waals surface area contributed by atoms with Crippen LogP contribution in [0.25, 0.3) is 0 Å². The van der Waals surface area contributed by atoms with Crippen molar-refractivity contribution >= 4 is 15.7 Å². The van der Waals surface area contributed by atoms with Crippen molar-refractivity contribution in [2.75, 3.05) is 0 Å². The summed E-state index contributed by atoms with van der Waals surface area (Å²) in [7, 11) is 10.7. The highest BCUT2D eigenvalue weighted by Gasteiger charge is 2.18. The Kier molecular flexibility index (Phi) is 2.64. The van der Waals surface area contributed by atoms with Crippen LogP contribution in [0.15, 0.2) is 11.4 Å². The van der Waals surface area contributed by atoms with Crippen LogP contribution in [0.2, 0.25) is 0 Å². The predicted octanol–water partition coefficient (Wildman–Crippen LogP) is 1.60. The van der Waals surface area contributed by atoms with Gasteiger partial charge in [0.05, 0.1) is 15.7 Å². The Morgan fingerprint density at radius 3 is 2.50 bits per heavy atom. The highest BCUT2D eigenvalue weighted by atomic mass is 14.2. The van der Waals surface area contributed by atoms with Crippen LogP contribution >= 0.6 is 0 Å². The second-order valence-electron chi connectivity index (χ2n) is 3.34. The third-order valence-corrected chi connectivity index (χ3v) is 2.16. The number of hydrogen-bond donors (Lipinski definition) is 0. The van der Waals surface area contributed by atoms with Gasteiger partial charge in [-0.15, -0.1) is 6.08 Å². The summed E-state index contributed by atoms with van der Waals surface area (Å²) in [5.41, 5.74) is 0. The molecular weight excluding hydrogens is 118 g/mol. The maximum atomic E-state index is 5.36. The Morgan fingerprint density at radius 2 is 2.10 bits per heavy atom. The van der Waals surface area contributed by atoms with Crippen LogP contribution in [0.4, 0.5) is 0 Å². The van der Waals surface area contributed by atoms with Gasteiger partial charge in [0.2, 0.25) is 0 Å². The first kappa shape index (κ1) is 7.97. The molecule has 2 atom stereocenters. The minimum Gasteiger partial charge on any atom is -0.164 e. The molecule has 0 amide bonds. The van der Waals surface area contributed by atoms with Crippen molar-refractivity contribution in [2.45, 2.75) is 26.2 Å². The smallest absolute Gasteiger partial charge is 0.0918 e. The van der Waals surface area contributed by atoms with Crippen molar-refractivity contribution in [1.82, 2.24) is 0 Å². The molecule has 2 heteroatoms. The zero-order valence-corrected chi connectivity index (χ0v) is 6.51. The van der Waals surface area contributed by atoms with Crippen LogP contribution in [-0.2, 0) is 0 Å². The van der Waals surface area contributed by atoms with E-state index in [1.807, 2.05) is 6.08 Å². The predicted molar refractivity (Wildman–Crippen MR) is 46.1 cm³/mol. The molecule has 0 saturated heterocycles. The molecule has 0 nitrogen and oxygen atoms in total. The molecule has 1 aliphatic rings. The normalized spacial score (nSPS) is 32.1. The van der Waals surface area contributed by atoms with Gasteiger partial charge in [-0.1, -0.05) is 13.3 Å². The lowest BCUT2D eigenvalue weighted by Gasteiger charge is -2.02. The number of hydrogen-bond acceptors (Lipinski definition) is 0. The molecule has 1 fully saturated rings. The molecule has 10 heavy (non-hydrogen) atoms. The Hall–Kier alpha value is -0.130. The summed E-state index contributed by atoms with van der Waals surface area (Å²) in [4.78, 5) is 0. The second kappa shape index (κ2) is 3.32.